The van der Waals surface area contributed by atoms with Crippen LogP contribution in [0.4, 0.5) is 5.69 Å². The smallest absolute Gasteiger partial charge is 0.116 e. The number of rotatable bonds is 2. The molecule has 0 bridgehead atoms. The second-order valence-electron chi connectivity index (χ2n) is 2.11. The molecule has 0 unspecified atom stereocenters. The Morgan fingerprint density at radius 3 is 2.23 bits per heavy atom. The Kier molecular flexibility index (Phi) is 7.05. The lowest BCUT2D eigenvalue weighted by atomic mass is 10.3. The Bertz CT molecular complexity index is 236. The number of carbonyl (C=O) groups excluding carboxylic acids is 1. The molecule has 0 atom stereocenters. The van der Waals surface area contributed by atoms with Crippen molar-refractivity contribution < 1.29 is 4.79 Å². The van der Waals surface area contributed by atoms with Crippen LogP contribution in [0.2, 0.25) is 0 Å². The first-order valence-corrected chi connectivity index (χ1v) is 4.65. The van der Waals surface area contributed by atoms with Crippen LogP contribution in [0.1, 0.15) is 6.92 Å². The molecule has 0 aliphatic carbocycles. The summed E-state index contributed by atoms with van der Waals surface area (Å²) in [6, 6.07) is 7.74. The van der Waals surface area contributed by atoms with Gasteiger partial charge in [0.15, 0.2) is 0 Å². The number of nitrogen functional groups attached to an aromatic ring is 1. The second kappa shape index (κ2) is 7.64. The summed E-state index contributed by atoms with van der Waals surface area (Å²) < 4.78 is 2.98. The molecular weight excluding hydrogens is 184 g/mol. The zero-order valence-electron chi connectivity index (χ0n) is 7.78. The number of nitrogens with one attached hydrogen (secondary N) is 1. The van der Waals surface area contributed by atoms with Gasteiger partial charge in [-0.2, -0.15) is 0 Å². The average Bonchev–Trinajstić information content (AvgIpc) is 2.11. The third-order valence-electron chi connectivity index (χ3n) is 1.10. The van der Waals surface area contributed by atoms with Crippen molar-refractivity contribution in [3.8, 4) is 0 Å². The van der Waals surface area contributed by atoms with Crippen molar-refractivity contribution in [2.45, 2.75) is 11.8 Å². The molecule has 3 nitrogen and oxygen atoms in total. The van der Waals surface area contributed by atoms with Crippen molar-refractivity contribution in [3.05, 3.63) is 24.3 Å². The van der Waals surface area contributed by atoms with Crippen LogP contribution >= 0.6 is 11.9 Å². The third kappa shape index (κ3) is 6.19. The van der Waals surface area contributed by atoms with Gasteiger partial charge in [-0.1, -0.05) is 0 Å². The Balaban J connectivity index is 0.000000424. The Morgan fingerprint density at radius 2 is 1.85 bits per heavy atom. The third-order valence-corrected chi connectivity index (χ3v) is 1.81. The number of hydrogen-bond donors (Lipinski definition) is 2. The SMILES string of the molecule is CC=O.CNSc1ccc(N)cc1. The van der Waals surface area contributed by atoms with Gasteiger partial charge < -0.3 is 10.5 Å². The highest BCUT2D eigenvalue weighted by Gasteiger charge is 1.88. The van der Waals surface area contributed by atoms with E-state index in [9.17, 15) is 0 Å². The van der Waals surface area contributed by atoms with Gasteiger partial charge in [0.05, 0.1) is 0 Å². The lowest BCUT2D eigenvalue weighted by molar-refractivity contribution is -0.106. The van der Waals surface area contributed by atoms with Gasteiger partial charge in [0.25, 0.3) is 0 Å². The highest BCUT2D eigenvalue weighted by atomic mass is 32.2. The summed E-state index contributed by atoms with van der Waals surface area (Å²) in [5, 5.41) is 0. The van der Waals surface area contributed by atoms with E-state index in [0.29, 0.717) is 0 Å². The standard InChI is InChI=1S/C7H10N2S.C2H4O/c1-9-10-7-4-2-6(8)3-5-7;1-2-3/h2-5,9H,8H2,1H3;2H,1H3. The van der Waals surface area contributed by atoms with Crippen molar-refractivity contribution in [2.24, 2.45) is 0 Å². The Morgan fingerprint density at radius 1 is 1.38 bits per heavy atom. The van der Waals surface area contributed by atoms with Crippen LogP contribution in [0.5, 0.6) is 0 Å². The Hall–Kier alpha value is -1.00. The highest BCUT2D eigenvalue weighted by molar-refractivity contribution is 7.97. The summed E-state index contributed by atoms with van der Waals surface area (Å²) in [5.41, 5.74) is 6.30. The first-order valence-electron chi connectivity index (χ1n) is 3.83. The predicted molar refractivity (Wildman–Crippen MR) is 57.5 cm³/mol. The minimum Gasteiger partial charge on any atom is -0.399 e. The summed E-state index contributed by atoms with van der Waals surface area (Å²) in [4.78, 5) is 9.98. The van der Waals surface area contributed by atoms with Crippen molar-refractivity contribution in [2.75, 3.05) is 12.8 Å². The van der Waals surface area contributed by atoms with Crippen LogP contribution in [0, 0.1) is 0 Å². The van der Waals surface area contributed by atoms with Gasteiger partial charge in [0.1, 0.15) is 6.29 Å². The van der Waals surface area contributed by atoms with Crippen molar-refractivity contribution in [1.82, 2.24) is 4.72 Å². The van der Waals surface area contributed by atoms with E-state index in [1.165, 1.54) is 11.8 Å². The largest absolute Gasteiger partial charge is 0.399 e. The van der Waals surface area contributed by atoms with Gasteiger partial charge in [-0.3, -0.25) is 4.72 Å². The molecule has 13 heavy (non-hydrogen) atoms. The maximum absolute atomic E-state index is 8.81. The predicted octanol–water partition coefficient (Wildman–Crippen LogP) is 1.70. The van der Waals surface area contributed by atoms with Crippen LogP contribution < -0.4 is 10.5 Å². The molecular formula is C9H14N2OS. The summed E-state index contributed by atoms with van der Waals surface area (Å²) in [7, 11) is 1.89. The molecule has 72 valence electrons. The number of aldehydes is 1. The van der Waals surface area contributed by atoms with E-state index in [2.05, 4.69) is 4.72 Å². The van der Waals surface area contributed by atoms with Crippen molar-refractivity contribution in [1.29, 1.82) is 0 Å². The van der Waals surface area contributed by atoms with E-state index in [-0.39, 0.29) is 0 Å². The van der Waals surface area contributed by atoms with E-state index in [0.717, 1.165) is 12.0 Å². The lowest BCUT2D eigenvalue weighted by Crippen LogP contribution is -1.90. The van der Waals surface area contributed by atoms with E-state index in [1.54, 1.807) is 11.9 Å². The number of nitrogens with two attached hydrogens (primary N) is 1. The van der Waals surface area contributed by atoms with E-state index < -0.39 is 0 Å². The summed E-state index contributed by atoms with van der Waals surface area (Å²) in [5.74, 6) is 0. The fourth-order valence-corrected chi connectivity index (χ4v) is 1.16. The quantitative estimate of drug-likeness (QED) is 0.431. The average molecular weight is 198 g/mol. The molecule has 1 rings (SSSR count). The summed E-state index contributed by atoms with van der Waals surface area (Å²) in [6.45, 7) is 1.44. The van der Waals surface area contributed by atoms with Gasteiger partial charge in [0, 0.05) is 10.6 Å². The summed E-state index contributed by atoms with van der Waals surface area (Å²) in [6.07, 6.45) is 0.750. The molecule has 0 spiro atoms. The number of benzene rings is 1. The zero-order valence-corrected chi connectivity index (χ0v) is 8.60. The molecule has 1 aromatic rings. The molecule has 0 fully saturated rings. The molecule has 0 aliphatic heterocycles. The van der Waals surface area contributed by atoms with Gasteiger partial charge >= 0.3 is 0 Å². The number of carbonyl (C=O) groups is 1. The first kappa shape index (κ1) is 12.0. The van der Waals surface area contributed by atoms with Gasteiger partial charge in [-0.05, 0) is 50.2 Å². The molecule has 4 heteroatoms. The van der Waals surface area contributed by atoms with Gasteiger partial charge in [0.2, 0.25) is 0 Å². The minimum absolute atomic E-state index is 0.750. The van der Waals surface area contributed by atoms with Crippen LogP contribution in [0.25, 0.3) is 0 Å². The topological polar surface area (TPSA) is 55.1 Å². The van der Waals surface area contributed by atoms with Crippen LogP contribution in [-0.4, -0.2) is 13.3 Å². The zero-order chi connectivity index (χ0) is 10.1. The van der Waals surface area contributed by atoms with E-state index in [1.807, 2.05) is 31.3 Å². The normalized spacial score (nSPS) is 8.46. The molecule has 1 aromatic carbocycles. The fraction of sp³-hybridized carbons (Fsp3) is 0.222. The maximum Gasteiger partial charge on any atom is 0.116 e. The Labute approximate surface area is 82.8 Å². The van der Waals surface area contributed by atoms with Gasteiger partial charge in [-0.25, -0.2) is 0 Å². The molecule has 0 aliphatic rings. The van der Waals surface area contributed by atoms with Crippen LogP contribution in [0.15, 0.2) is 29.2 Å². The highest BCUT2D eigenvalue weighted by Crippen LogP contribution is 2.14. The maximum atomic E-state index is 8.81. The van der Waals surface area contributed by atoms with Crippen molar-refractivity contribution in [3.63, 3.8) is 0 Å². The van der Waals surface area contributed by atoms with Crippen molar-refractivity contribution >= 4 is 23.9 Å². The number of hydrogen-bond acceptors (Lipinski definition) is 4. The first-order chi connectivity index (χ1) is 6.24. The monoisotopic (exact) mass is 198 g/mol. The second-order valence-corrected chi connectivity index (χ2v) is 3.19. The molecule has 0 aromatic heterocycles. The molecule has 0 radical (unpaired) electrons. The molecule has 3 N–H and O–H groups in total. The minimum atomic E-state index is 0.750. The molecule has 0 saturated carbocycles. The van der Waals surface area contributed by atoms with E-state index >= 15 is 0 Å². The molecule has 0 amide bonds. The lowest BCUT2D eigenvalue weighted by Gasteiger charge is -1.97. The fourth-order valence-electron chi connectivity index (χ4n) is 0.654. The molecule has 0 heterocycles. The van der Waals surface area contributed by atoms with Crippen LogP contribution in [-0.2, 0) is 4.79 Å². The summed E-state index contributed by atoms with van der Waals surface area (Å²) >= 11 is 1.58. The van der Waals surface area contributed by atoms with Gasteiger partial charge in [-0.15, -0.1) is 0 Å². The van der Waals surface area contributed by atoms with Crippen LogP contribution in [0.3, 0.4) is 0 Å². The molecule has 0 saturated heterocycles. The van der Waals surface area contributed by atoms with E-state index in [4.69, 9.17) is 10.5 Å². The number of anilines is 1.